The van der Waals surface area contributed by atoms with E-state index in [4.69, 9.17) is 14.2 Å². The molecule has 2 aromatic carbocycles. The maximum Gasteiger partial charge on any atom is 0.325 e. The zero-order chi connectivity index (χ0) is 28.3. The van der Waals surface area contributed by atoms with Crippen molar-refractivity contribution in [3.8, 4) is 0 Å². The predicted molar refractivity (Wildman–Crippen MR) is 153 cm³/mol. The Morgan fingerprint density at radius 1 is 0.950 bits per heavy atom. The van der Waals surface area contributed by atoms with Crippen molar-refractivity contribution in [2.45, 2.75) is 71.1 Å². The molecule has 2 amide bonds. The SMILES string of the molecule is CCOC(=O)CNC(=O)Nc1ccc([C@@H]2O[C@H](CN3CCCCCCC3)[C@H](C)[C@H](c3ccc(CO)cc3)O2)cc1. The number of amides is 2. The number of ether oxygens (including phenoxy) is 3. The molecule has 0 bridgehead atoms. The van der Waals surface area contributed by atoms with E-state index < -0.39 is 18.3 Å². The van der Waals surface area contributed by atoms with Crippen molar-refractivity contribution in [2.75, 3.05) is 38.1 Å². The van der Waals surface area contributed by atoms with Gasteiger partial charge in [0, 0.05) is 23.7 Å². The lowest BCUT2D eigenvalue weighted by atomic mass is 9.89. The van der Waals surface area contributed by atoms with Crippen LogP contribution in [0.4, 0.5) is 10.5 Å². The van der Waals surface area contributed by atoms with Gasteiger partial charge in [0.25, 0.3) is 0 Å². The summed E-state index contributed by atoms with van der Waals surface area (Å²) in [7, 11) is 0. The summed E-state index contributed by atoms with van der Waals surface area (Å²) in [6, 6.07) is 14.8. The van der Waals surface area contributed by atoms with E-state index in [0.29, 0.717) is 5.69 Å². The number of nitrogens with one attached hydrogen (secondary N) is 2. The average Bonchev–Trinajstić information content (AvgIpc) is 2.95. The molecule has 2 aliphatic rings. The van der Waals surface area contributed by atoms with Gasteiger partial charge >= 0.3 is 12.0 Å². The molecule has 2 aromatic rings. The van der Waals surface area contributed by atoms with Crippen molar-refractivity contribution in [2.24, 2.45) is 5.92 Å². The summed E-state index contributed by atoms with van der Waals surface area (Å²) >= 11 is 0. The molecule has 4 atom stereocenters. The third kappa shape index (κ3) is 8.51. The Kier molecular flexibility index (Phi) is 11.3. The Morgan fingerprint density at radius 3 is 2.25 bits per heavy atom. The highest BCUT2D eigenvalue weighted by Gasteiger charge is 2.39. The number of nitrogens with zero attached hydrogens (tertiary/aromatic N) is 1. The molecule has 2 aliphatic heterocycles. The van der Waals surface area contributed by atoms with Crippen molar-refractivity contribution in [3.05, 3.63) is 65.2 Å². The van der Waals surface area contributed by atoms with Crippen LogP contribution in [0.5, 0.6) is 0 Å². The fraction of sp³-hybridized carbons (Fsp3) is 0.548. The van der Waals surface area contributed by atoms with Gasteiger partial charge in [-0.05, 0) is 56.1 Å². The molecular formula is C31H43N3O6. The Morgan fingerprint density at radius 2 is 1.60 bits per heavy atom. The minimum Gasteiger partial charge on any atom is -0.465 e. The van der Waals surface area contributed by atoms with Crippen LogP contribution in [0.2, 0.25) is 0 Å². The van der Waals surface area contributed by atoms with Gasteiger partial charge in [0.1, 0.15) is 6.54 Å². The topological polar surface area (TPSA) is 109 Å². The number of anilines is 1. The third-order valence-electron chi connectivity index (χ3n) is 7.65. The molecule has 2 fully saturated rings. The minimum absolute atomic E-state index is 0.00586. The highest BCUT2D eigenvalue weighted by Crippen LogP contribution is 2.42. The first-order valence-electron chi connectivity index (χ1n) is 14.5. The van der Waals surface area contributed by atoms with E-state index in [1.54, 1.807) is 19.1 Å². The molecule has 2 saturated heterocycles. The number of carbonyl (C=O) groups is 2. The van der Waals surface area contributed by atoms with Crippen LogP contribution in [0.25, 0.3) is 0 Å². The number of esters is 1. The molecule has 4 rings (SSSR count). The van der Waals surface area contributed by atoms with Crippen molar-refractivity contribution >= 4 is 17.7 Å². The van der Waals surface area contributed by atoms with E-state index >= 15 is 0 Å². The molecule has 40 heavy (non-hydrogen) atoms. The molecule has 3 N–H and O–H groups in total. The van der Waals surface area contributed by atoms with E-state index in [0.717, 1.165) is 36.3 Å². The van der Waals surface area contributed by atoms with Crippen molar-refractivity contribution in [3.63, 3.8) is 0 Å². The molecule has 0 radical (unpaired) electrons. The van der Waals surface area contributed by atoms with Crippen LogP contribution in [-0.4, -0.2) is 60.9 Å². The Balaban J connectivity index is 1.46. The van der Waals surface area contributed by atoms with Crippen LogP contribution in [0.3, 0.4) is 0 Å². The van der Waals surface area contributed by atoms with Crippen molar-refractivity contribution in [1.82, 2.24) is 10.2 Å². The van der Waals surface area contributed by atoms with Crippen molar-refractivity contribution in [1.29, 1.82) is 0 Å². The van der Waals surface area contributed by atoms with Gasteiger partial charge in [0.05, 0.1) is 25.4 Å². The minimum atomic E-state index is -0.565. The lowest BCUT2D eigenvalue weighted by Gasteiger charge is -2.43. The molecule has 0 unspecified atom stereocenters. The quantitative estimate of drug-likeness (QED) is 0.378. The summed E-state index contributed by atoms with van der Waals surface area (Å²) in [6.45, 7) is 7.02. The molecule has 0 spiro atoms. The largest absolute Gasteiger partial charge is 0.465 e. The second-order valence-electron chi connectivity index (χ2n) is 10.6. The third-order valence-corrected chi connectivity index (χ3v) is 7.65. The normalized spacial score (nSPS) is 24.0. The van der Waals surface area contributed by atoms with Crippen LogP contribution < -0.4 is 10.6 Å². The molecule has 0 aromatic heterocycles. The summed E-state index contributed by atoms with van der Waals surface area (Å²) in [5.41, 5.74) is 3.38. The highest BCUT2D eigenvalue weighted by molar-refractivity contribution is 5.91. The van der Waals surface area contributed by atoms with Crippen molar-refractivity contribution < 1.29 is 28.9 Å². The number of aliphatic hydroxyl groups is 1. The first-order valence-corrected chi connectivity index (χ1v) is 14.5. The summed E-state index contributed by atoms with van der Waals surface area (Å²) < 4.78 is 18.0. The van der Waals surface area contributed by atoms with Gasteiger partial charge in [0.15, 0.2) is 6.29 Å². The molecular weight excluding hydrogens is 510 g/mol. The smallest absolute Gasteiger partial charge is 0.325 e. The lowest BCUT2D eigenvalue weighted by molar-refractivity contribution is -0.276. The van der Waals surface area contributed by atoms with Crippen LogP contribution in [0.1, 0.15) is 75.0 Å². The average molecular weight is 554 g/mol. The van der Waals surface area contributed by atoms with E-state index in [1.807, 2.05) is 36.4 Å². The first-order chi connectivity index (χ1) is 19.5. The van der Waals surface area contributed by atoms with Gasteiger partial charge in [-0.1, -0.05) is 62.6 Å². The standard InChI is InChI=1S/C31H43N3O6/c1-3-38-28(36)19-32-31(37)33-26-15-13-25(14-16-26)30-39-27(20-34-17-7-5-4-6-8-18-34)22(2)29(40-30)24-11-9-23(21-35)10-12-24/h9-16,22,27,29-30,35H,3-8,17-21H2,1-2H3,(H2,32,33,37)/t22-,27+,29+,30+/m0/s1. The van der Waals surface area contributed by atoms with Crippen LogP contribution in [0.15, 0.2) is 48.5 Å². The maximum atomic E-state index is 12.2. The number of benzene rings is 2. The fourth-order valence-corrected chi connectivity index (χ4v) is 5.34. The van der Waals surface area contributed by atoms with Crippen LogP contribution in [0, 0.1) is 5.92 Å². The second-order valence-corrected chi connectivity index (χ2v) is 10.6. The van der Waals surface area contributed by atoms with Gasteiger partial charge in [-0.3, -0.25) is 4.79 Å². The summed E-state index contributed by atoms with van der Waals surface area (Å²) in [5, 5.41) is 14.7. The molecule has 2 heterocycles. The molecule has 0 aliphatic carbocycles. The molecule has 9 heteroatoms. The highest BCUT2D eigenvalue weighted by atomic mass is 16.7. The number of aliphatic hydroxyl groups excluding tert-OH is 1. The van der Waals surface area contributed by atoms with Crippen LogP contribution >= 0.6 is 0 Å². The predicted octanol–water partition coefficient (Wildman–Crippen LogP) is 4.92. The number of hydrogen-bond acceptors (Lipinski definition) is 7. The van der Waals surface area contributed by atoms with E-state index in [1.165, 1.54) is 32.1 Å². The fourth-order valence-electron chi connectivity index (χ4n) is 5.34. The van der Waals surface area contributed by atoms with Gasteiger partial charge < -0.3 is 34.9 Å². The Bertz CT molecular complexity index is 1070. The second kappa shape index (κ2) is 15.1. The van der Waals surface area contributed by atoms with Gasteiger partial charge in [-0.2, -0.15) is 0 Å². The summed E-state index contributed by atoms with van der Waals surface area (Å²) in [5.74, 6) is -0.356. The Hall–Kier alpha value is -2.98. The molecule has 0 saturated carbocycles. The zero-order valence-electron chi connectivity index (χ0n) is 23.6. The van der Waals surface area contributed by atoms with Gasteiger partial charge in [-0.15, -0.1) is 0 Å². The number of likely N-dealkylation sites (tertiary alicyclic amines) is 1. The number of urea groups is 1. The molecule has 9 nitrogen and oxygen atoms in total. The zero-order valence-corrected chi connectivity index (χ0v) is 23.6. The van der Waals surface area contributed by atoms with Gasteiger partial charge in [-0.25, -0.2) is 4.79 Å². The number of rotatable bonds is 9. The van der Waals surface area contributed by atoms with Crippen LogP contribution in [-0.2, 0) is 25.6 Å². The molecule has 218 valence electrons. The lowest BCUT2D eigenvalue weighted by Crippen LogP contribution is -2.45. The number of hydrogen-bond donors (Lipinski definition) is 3. The Labute approximate surface area is 237 Å². The number of carbonyl (C=O) groups excluding carboxylic acids is 2. The summed E-state index contributed by atoms with van der Waals surface area (Å²) in [4.78, 5) is 26.2. The monoisotopic (exact) mass is 553 g/mol. The maximum absolute atomic E-state index is 12.2. The summed E-state index contributed by atoms with van der Waals surface area (Å²) in [6.07, 6.45) is 5.57. The van der Waals surface area contributed by atoms with E-state index in [-0.39, 0.29) is 37.9 Å². The van der Waals surface area contributed by atoms with E-state index in [2.05, 4.69) is 22.5 Å². The van der Waals surface area contributed by atoms with Gasteiger partial charge in [0.2, 0.25) is 0 Å². The first kappa shape index (κ1) is 30.0. The van der Waals surface area contributed by atoms with E-state index in [9.17, 15) is 14.7 Å².